The summed E-state index contributed by atoms with van der Waals surface area (Å²) in [6, 6.07) is 16.0. The highest BCUT2D eigenvalue weighted by molar-refractivity contribution is 6.04. The van der Waals surface area contributed by atoms with E-state index >= 15 is 4.39 Å². The average Bonchev–Trinajstić information content (AvgIpc) is 3.79. The number of aromatic nitrogens is 6. The van der Waals surface area contributed by atoms with Crippen molar-refractivity contribution in [3.8, 4) is 11.3 Å². The molecule has 39 heavy (non-hydrogen) atoms. The Morgan fingerprint density at radius 1 is 1.08 bits per heavy atom. The molecule has 5 aromatic rings. The molecule has 9 nitrogen and oxygen atoms in total. The predicted molar refractivity (Wildman–Crippen MR) is 145 cm³/mol. The summed E-state index contributed by atoms with van der Waals surface area (Å²) in [4.78, 5) is 33.5. The fraction of sp³-hybridized carbons (Fsp3) is 0.138. The summed E-state index contributed by atoms with van der Waals surface area (Å²) >= 11 is 0. The van der Waals surface area contributed by atoms with Gasteiger partial charge in [0.15, 0.2) is 0 Å². The van der Waals surface area contributed by atoms with Crippen LogP contribution in [-0.2, 0) is 5.41 Å². The first-order valence-corrected chi connectivity index (χ1v) is 12.3. The van der Waals surface area contributed by atoms with Gasteiger partial charge in [-0.1, -0.05) is 24.8 Å². The number of benzene rings is 2. The van der Waals surface area contributed by atoms with E-state index in [1.807, 2.05) is 18.2 Å². The highest BCUT2D eigenvalue weighted by Gasteiger charge is 2.48. The van der Waals surface area contributed by atoms with Crippen LogP contribution in [0.2, 0.25) is 0 Å². The fourth-order valence-electron chi connectivity index (χ4n) is 4.67. The van der Waals surface area contributed by atoms with Crippen LogP contribution < -0.4 is 10.9 Å². The van der Waals surface area contributed by atoms with Crippen molar-refractivity contribution in [1.82, 2.24) is 29.7 Å². The number of carbonyl (C=O) groups is 1. The molecule has 10 heteroatoms. The van der Waals surface area contributed by atoms with Crippen LogP contribution in [0.25, 0.3) is 27.9 Å². The second-order valence-corrected chi connectivity index (χ2v) is 9.26. The largest absolute Gasteiger partial charge is 0.306 e. The summed E-state index contributed by atoms with van der Waals surface area (Å²) in [5, 5.41) is 8.37. The number of anilines is 1. The van der Waals surface area contributed by atoms with Crippen LogP contribution in [0.3, 0.4) is 0 Å². The third-order valence-electron chi connectivity index (χ3n) is 6.95. The quantitative estimate of drug-likeness (QED) is 0.357. The maximum Gasteiger partial charge on any atom is 0.259 e. The zero-order valence-corrected chi connectivity index (χ0v) is 21.0. The van der Waals surface area contributed by atoms with E-state index in [2.05, 4.69) is 49.0 Å². The predicted octanol–water partition coefficient (Wildman–Crippen LogP) is 4.41. The van der Waals surface area contributed by atoms with Crippen molar-refractivity contribution in [2.45, 2.75) is 18.3 Å². The normalized spacial score (nSPS) is 14.3. The van der Waals surface area contributed by atoms with Crippen LogP contribution in [0.4, 0.5) is 10.2 Å². The van der Waals surface area contributed by atoms with Gasteiger partial charge in [-0.2, -0.15) is 5.10 Å². The Balaban J connectivity index is 1.32. The summed E-state index contributed by atoms with van der Waals surface area (Å²) in [5.74, 6) is -1.04. The molecule has 1 aliphatic rings. The molecule has 0 atom stereocenters. The van der Waals surface area contributed by atoms with E-state index in [1.54, 1.807) is 24.0 Å². The Kier molecular flexibility index (Phi) is 5.99. The summed E-state index contributed by atoms with van der Waals surface area (Å²) in [5.41, 5.74) is 3.63. The van der Waals surface area contributed by atoms with Crippen LogP contribution in [0.1, 0.15) is 28.8 Å². The molecule has 6 rings (SSSR count). The van der Waals surface area contributed by atoms with Crippen LogP contribution in [0.15, 0.2) is 91.1 Å². The Morgan fingerprint density at radius 2 is 1.95 bits per heavy atom. The van der Waals surface area contributed by atoms with Gasteiger partial charge in [0.25, 0.3) is 5.91 Å². The topological polar surface area (TPSA) is 111 Å². The van der Waals surface area contributed by atoms with Crippen molar-refractivity contribution < 1.29 is 9.18 Å². The van der Waals surface area contributed by atoms with E-state index < -0.39 is 11.7 Å². The van der Waals surface area contributed by atoms with Crippen LogP contribution in [0.5, 0.6) is 0 Å². The number of amides is 1. The summed E-state index contributed by atoms with van der Waals surface area (Å²) in [6.45, 7) is 4.40. The first-order valence-electron chi connectivity index (χ1n) is 12.3. The smallest absolute Gasteiger partial charge is 0.259 e. The van der Waals surface area contributed by atoms with Crippen LogP contribution in [-0.4, -0.2) is 42.7 Å². The molecule has 1 aliphatic carbocycles. The molecule has 0 radical (unpaired) electrons. The molecule has 2 aromatic carbocycles. The van der Waals surface area contributed by atoms with E-state index in [4.69, 9.17) is 5.10 Å². The number of carbonyl (C=O) groups excluding carboxylic acids is 1. The number of nitrogens with one attached hydrogen (secondary N) is 1. The number of hydrogen-bond donors (Lipinski definition) is 1. The number of fused-ring (bicyclic) bond motifs is 1. The van der Waals surface area contributed by atoms with E-state index in [0.29, 0.717) is 16.9 Å². The molecule has 0 unspecified atom stereocenters. The summed E-state index contributed by atoms with van der Waals surface area (Å²) in [7, 11) is 1.64. The summed E-state index contributed by atoms with van der Waals surface area (Å²) < 4.78 is 16.7. The number of rotatable bonds is 6. The van der Waals surface area contributed by atoms with Gasteiger partial charge >= 0.3 is 0 Å². The summed E-state index contributed by atoms with van der Waals surface area (Å²) in [6.07, 6.45) is 7.91. The zero-order chi connectivity index (χ0) is 27.0. The van der Waals surface area contributed by atoms with Crippen molar-refractivity contribution in [3.05, 3.63) is 109 Å². The number of halogens is 1. The van der Waals surface area contributed by atoms with Gasteiger partial charge in [0.1, 0.15) is 23.7 Å². The van der Waals surface area contributed by atoms with Crippen molar-refractivity contribution in [3.63, 3.8) is 0 Å². The zero-order valence-electron chi connectivity index (χ0n) is 21.0. The molecule has 1 fully saturated rings. The Hall–Kier alpha value is -5.12. The Morgan fingerprint density at radius 3 is 2.69 bits per heavy atom. The molecule has 3 aromatic heterocycles. The van der Waals surface area contributed by atoms with Gasteiger partial charge < -0.3 is 5.32 Å². The monoisotopic (exact) mass is 518 g/mol. The van der Waals surface area contributed by atoms with Gasteiger partial charge in [-0.3, -0.25) is 14.8 Å². The number of pyridine rings is 1. The molecule has 192 valence electrons. The molecule has 0 saturated heterocycles. The van der Waals surface area contributed by atoms with E-state index in [-0.39, 0.29) is 16.8 Å². The SMILES string of the molecule is C=C(n1nc(-c2ccc(C(=O)Nc3ccncn3)c(F)c2)cnc1=NC)C1(c2ccc3ncccc3c2)CC1. The van der Waals surface area contributed by atoms with Gasteiger partial charge in [-0.25, -0.2) is 24.0 Å². The van der Waals surface area contributed by atoms with Crippen molar-refractivity contribution in [2.24, 2.45) is 4.99 Å². The van der Waals surface area contributed by atoms with Gasteiger partial charge in [0.05, 0.1) is 17.3 Å². The molecular weight excluding hydrogens is 495 g/mol. The average molecular weight is 519 g/mol. The fourth-order valence-corrected chi connectivity index (χ4v) is 4.67. The van der Waals surface area contributed by atoms with Crippen molar-refractivity contribution in [1.29, 1.82) is 0 Å². The van der Waals surface area contributed by atoms with Crippen LogP contribution >= 0.6 is 0 Å². The number of nitrogens with zero attached hydrogens (tertiary/aromatic N) is 7. The molecule has 0 aliphatic heterocycles. The minimum absolute atomic E-state index is 0.120. The third kappa shape index (κ3) is 4.46. The molecule has 0 bridgehead atoms. The van der Waals surface area contributed by atoms with Gasteiger partial charge in [-0.15, -0.1) is 0 Å². The lowest BCUT2D eigenvalue weighted by molar-refractivity contribution is 0.102. The first kappa shape index (κ1) is 24.2. The molecule has 0 spiro atoms. The third-order valence-corrected chi connectivity index (χ3v) is 6.95. The van der Waals surface area contributed by atoms with E-state index in [1.165, 1.54) is 36.9 Å². The lowest BCUT2D eigenvalue weighted by Crippen LogP contribution is -2.30. The van der Waals surface area contributed by atoms with Crippen molar-refractivity contribution in [2.75, 3.05) is 12.4 Å². The minimum atomic E-state index is -0.695. The Bertz CT molecular complexity index is 1810. The standard InChI is InChI=1S/C29H23FN8O/c1-18(29(10-11-29)21-6-8-24-19(14-21)4-3-12-33-24)38-28(31-2)34-16-25(37-38)20-5-7-22(23(30)15-20)27(39)36-26-9-13-32-17-35-26/h3-9,12-17H,1,10-11H2,2H3,(H,32,35,36,39). The van der Waals surface area contributed by atoms with Gasteiger partial charge in [0, 0.05) is 41.5 Å². The van der Waals surface area contributed by atoms with Crippen molar-refractivity contribution >= 4 is 28.3 Å². The lowest BCUT2D eigenvalue weighted by atomic mass is 9.91. The molecule has 3 heterocycles. The van der Waals surface area contributed by atoms with Gasteiger partial charge in [0.2, 0.25) is 5.62 Å². The van der Waals surface area contributed by atoms with Gasteiger partial charge in [-0.05, 0) is 54.8 Å². The molecule has 1 saturated carbocycles. The first-order chi connectivity index (χ1) is 19.0. The highest BCUT2D eigenvalue weighted by Crippen LogP contribution is 2.54. The number of allylic oxidation sites excluding steroid dienone is 1. The Labute approximate surface area is 222 Å². The maximum atomic E-state index is 15.1. The minimum Gasteiger partial charge on any atom is -0.306 e. The lowest BCUT2D eigenvalue weighted by Gasteiger charge is -2.21. The molecular formula is C29H23FN8O. The second-order valence-electron chi connectivity index (χ2n) is 9.26. The van der Waals surface area contributed by atoms with E-state index in [0.717, 1.165) is 35.0 Å². The number of hydrogen-bond acceptors (Lipinski definition) is 7. The van der Waals surface area contributed by atoms with Crippen LogP contribution in [0, 0.1) is 5.82 Å². The molecule has 1 amide bonds. The second kappa shape index (κ2) is 9.64. The molecule has 1 N–H and O–H groups in total. The maximum absolute atomic E-state index is 15.1. The highest BCUT2D eigenvalue weighted by atomic mass is 19.1. The van der Waals surface area contributed by atoms with E-state index in [9.17, 15) is 4.79 Å².